The maximum Gasteiger partial charge on any atom is 0.249 e. The third-order valence-corrected chi connectivity index (χ3v) is 1.76. The van der Waals surface area contributed by atoms with Crippen LogP contribution in [-0.2, 0) is 6.61 Å². The van der Waals surface area contributed by atoms with Crippen molar-refractivity contribution in [1.82, 2.24) is 0 Å². The van der Waals surface area contributed by atoms with Gasteiger partial charge in [-0.3, -0.25) is 9.59 Å². The summed E-state index contributed by atoms with van der Waals surface area (Å²) in [6, 6.07) is 4.54. The van der Waals surface area contributed by atoms with Gasteiger partial charge in [0, 0.05) is 16.7 Å². The molecule has 13 heavy (non-hydrogen) atoms. The number of benzene rings is 1. The molecule has 0 aliphatic rings. The van der Waals surface area contributed by atoms with Gasteiger partial charge >= 0.3 is 0 Å². The Kier molecular flexibility index (Phi) is 2.76. The van der Waals surface area contributed by atoms with E-state index in [2.05, 4.69) is 0 Å². The Morgan fingerprint density at radius 1 is 1.54 bits per heavy atom. The topological polar surface area (TPSA) is 80.4 Å². The highest BCUT2D eigenvalue weighted by Crippen LogP contribution is 2.12. The predicted octanol–water partition coefficient (Wildman–Crippen LogP) is 0.0903. The van der Waals surface area contributed by atoms with Gasteiger partial charge in [-0.25, -0.2) is 0 Å². The average molecular weight is 179 g/mol. The summed E-state index contributed by atoms with van der Waals surface area (Å²) in [6.07, 6.45) is 0.581. The number of carbonyl (C=O) groups is 2. The van der Waals surface area contributed by atoms with E-state index in [1.807, 2.05) is 0 Å². The number of rotatable bonds is 3. The lowest BCUT2D eigenvalue weighted by Crippen LogP contribution is -2.15. The quantitative estimate of drug-likeness (QED) is 0.645. The van der Waals surface area contributed by atoms with Gasteiger partial charge in [-0.1, -0.05) is 12.1 Å². The van der Waals surface area contributed by atoms with Crippen molar-refractivity contribution >= 4 is 12.2 Å². The standard InChI is InChI=1S/C9H9NO3/c10-9(13)7-3-1-2-6(4-11)8(7)5-12/h1-4,12H,5H2,(H2,10,13). The molecule has 0 radical (unpaired) electrons. The van der Waals surface area contributed by atoms with E-state index in [1.165, 1.54) is 12.1 Å². The number of primary amides is 1. The first-order valence-corrected chi connectivity index (χ1v) is 3.68. The van der Waals surface area contributed by atoms with Crippen molar-refractivity contribution in [2.45, 2.75) is 6.61 Å². The first-order valence-electron chi connectivity index (χ1n) is 3.68. The van der Waals surface area contributed by atoms with Gasteiger partial charge in [0.05, 0.1) is 6.61 Å². The Bertz CT molecular complexity index is 347. The second-order valence-corrected chi connectivity index (χ2v) is 2.51. The molecule has 0 aliphatic heterocycles. The minimum absolute atomic E-state index is 0.187. The van der Waals surface area contributed by atoms with E-state index in [0.29, 0.717) is 11.8 Å². The zero-order chi connectivity index (χ0) is 9.84. The van der Waals surface area contributed by atoms with Crippen LogP contribution >= 0.6 is 0 Å². The lowest BCUT2D eigenvalue weighted by Gasteiger charge is -2.05. The Morgan fingerprint density at radius 2 is 2.23 bits per heavy atom. The van der Waals surface area contributed by atoms with Crippen LogP contribution in [0.15, 0.2) is 18.2 Å². The highest BCUT2D eigenvalue weighted by Gasteiger charge is 2.10. The number of nitrogens with two attached hydrogens (primary N) is 1. The molecule has 0 spiro atoms. The summed E-state index contributed by atoms with van der Waals surface area (Å²) in [5.41, 5.74) is 5.81. The molecule has 1 aromatic carbocycles. The second-order valence-electron chi connectivity index (χ2n) is 2.51. The number of hydrogen-bond donors (Lipinski definition) is 2. The van der Waals surface area contributed by atoms with Gasteiger partial charge in [-0.2, -0.15) is 0 Å². The van der Waals surface area contributed by atoms with Gasteiger partial charge in [0.1, 0.15) is 6.29 Å². The lowest BCUT2D eigenvalue weighted by molar-refractivity contribution is 0.0997. The summed E-state index contributed by atoms with van der Waals surface area (Å²) in [5, 5.41) is 8.91. The minimum atomic E-state index is -0.646. The summed E-state index contributed by atoms with van der Waals surface area (Å²) >= 11 is 0. The minimum Gasteiger partial charge on any atom is -0.392 e. The van der Waals surface area contributed by atoms with Crippen molar-refractivity contribution in [1.29, 1.82) is 0 Å². The van der Waals surface area contributed by atoms with Crippen LogP contribution < -0.4 is 5.73 Å². The number of aliphatic hydroxyl groups is 1. The first kappa shape index (κ1) is 9.41. The van der Waals surface area contributed by atoms with Crippen molar-refractivity contribution in [3.63, 3.8) is 0 Å². The highest BCUT2D eigenvalue weighted by atomic mass is 16.3. The number of amides is 1. The third kappa shape index (κ3) is 1.73. The SMILES string of the molecule is NC(=O)c1cccc(C=O)c1CO. The zero-order valence-electron chi connectivity index (χ0n) is 6.86. The molecule has 1 rings (SSSR count). The first-order chi connectivity index (χ1) is 6.20. The van der Waals surface area contributed by atoms with Gasteiger partial charge in [0.25, 0.3) is 0 Å². The van der Waals surface area contributed by atoms with Crippen molar-refractivity contribution in [2.75, 3.05) is 0 Å². The molecule has 0 heterocycles. The molecule has 0 unspecified atom stereocenters. The van der Waals surface area contributed by atoms with Crippen LogP contribution in [0.25, 0.3) is 0 Å². The summed E-state index contributed by atoms with van der Waals surface area (Å²) < 4.78 is 0. The van der Waals surface area contributed by atoms with E-state index in [9.17, 15) is 9.59 Å². The number of aliphatic hydroxyl groups excluding tert-OH is 1. The Balaban J connectivity index is 3.35. The molecule has 0 aliphatic carbocycles. The predicted molar refractivity (Wildman–Crippen MR) is 46.3 cm³/mol. The van der Waals surface area contributed by atoms with Crippen LogP contribution in [0.4, 0.5) is 0 Å². The van der Waals surface area contributed by atoms with Crippen LogP contribution in [0.1, 0.15) is 26.3 Å². The fraction of sp³-hybridized carbons (Fsp3) is 0.111. The molecule has 0 fully saturated rings. The monoisotopic (exact) mass is 179 g/mol. The second kappa shape index (κ2) is 3.82. The van der Waals surface area contributed by atoms with Crippen LogP contribution in [0, 0.1) is 0 Å². The van der Waals surface area contributed by atoms with E-state index in [1.54, 1.807) is 6.07 Å². The molecule has 4 heteroatoms. The maximum absolute atomic E-state index is 10.8. The Morgan fingerprint density at radius 3 is 2.69 bits per heavy atom. The normalized spacial score (nSPS) is 9.62. The van der Waals surface area contributed by atoms with Gasteiger partial charge in [0.15, 0.2) is 0 Å². The van der Waals surface area contributed by atoms with Crippen molar-refractivity contribution < 1.29 is 14.7 Å². The van der Waals surface area contributed by atoms with E-state index in [4.69, 9.17) is 10.8 Å². The average Bonchev–Trinajstić information content (AvgIpc) is 2.16. The maximum atomic E-state index is 10.8. The third-order valence-electron chi connectivity index (χ3n) is 1.76. The van der Waals surface area contributed by atoms with Crippen LogP contribution in [0.5, 0.6) is 0 Å². The Labute approximate surface area is 75.0 Å². The summed E-state index contributed by atoms with van der Waals surface area (Å²) in [5.74, 6) is -0.646. The van der Waals surface area contributed by atoms with E-state index >= 15 is 0 Å². The Hall–Kier alpha value is -1.68. The highest BCUT2D eigenvalue weighted by molar-refractivity contribution is 5.96. The summed E-state index contributed by atoms with van der Waals surface area (Å²) in [6.45, 7) is -0.368. The largest absolute Gasteiger partial charge is 0.392 e. The smallest absolute Gasteiger partial charge is 0.249 e. The van der Waals surface area contributed by atoms with Crippen molar-refractivity contribution in [3.8, 4) is 0 Å². The molecular formula is C9H9NO3. The molecular weight excluding hydrogens is 170 g/mol. The molecule has 3 N–H and O–H groups in total. The molecule has 1 aromatic rings. The van der Waals surface area contributed by atoms with E-state index < -0.39 is 5.91 Å². The number of hydrogen-bond acceptors (Lipinski definition) is 3. The molecule has 0 atom stereocenters. The molecule has 1 amide bonds. The van der Waals surface area contributed by atoms with E-state index in [-0.39, 0.29) is 17.7 Å². The lowest BCUT2D eigenvalue weighted by atomic mass is 10.0. The van der Waals surface area contributed by atoms with E-state index in [0.717, 1.165) is 0 Å². The number of carbonyl (C=O) groups excluding carboxylic acids is 2. The van der Waals surface area contributed by atoms with Gasteiger partial charge in [-0.15, -0.1) is 0 Å². The van der Waals surface area contributed by atoms with Crippen LogP contribution in [-0.4, -0.2) is 17.3 Å². The summed E-state index contributed by atoms with van der Waals surface area (Å²) in [4.78, 5) is 21.3. The summed E-state index contributed by atoms with van der Waals surface area (Å²) in [7, 11) is 0. The van der Waals surface area contributed by atoms with Crippen molar-refractivity contribution in [2.24, 2.45) is 5.73 Å². The zero-order valence-corrected chi connectivity index (χ0v) is 6.86. The fourth-order valence-corrected chi connectivity index (χ4v) is 1.12. The van der Waals surface area contributed by atoms with Gasteiger partial charge < -0.3 is 10.8 Å². The van der Waals surface area contributed by atoms with Gasteiger partial charge in [-0.05, 0) is 6.07 Å². The van der Waals surface area contributed by atoms with Crippen LogP contribution in [0.2, 0.25) is 0 Å². The molecule has 0 bridgehead atoms. The molecule has 68 valence electrons. The van der Waals surface area contributed by atoms with Crippen molar-refractivity contribution in [3.05, 3.63) is 34.9 Å². The molecule has 4 nitrogen and oxygen atoms in total. The fourth-order valence-electron chi connectivity index (χ4n) is 1.12. The molecule has 0 saturated carbocycles. The van der Waals surface area contributed by atoms with Crippen LogP contribution in [0.3, 0.4) is 0 Å². The number of aldehydes is 1. The van der Waals surface area contributed by atoms with Gasteiger partial charge in [0.2, 0.25) is 5.91 Å². The molecule has 0 saturated heterocycles. The molecule has 0 aromatic heterocycles.